The molecule has 0 bridgehead atoms. The molecular weight excluding hydrogens is 278 g/mol. The molecule has 1 atom stereocenters. The van der Waals surface area contributed by atoms with Gasteiger partial charge in [-0.15, -0.1) is 0 Å². The molecule has 1 aromatic rings. The van der Waals surface area contributed by atoms with Crippen LogP contribution in [-0.2, 0) is 9.53 Å². The third-order valence-corrected chi connectivity index (χ3v) is 3.93. The topological polar surface area (TPSA) is 38.8 Å². The standard InChI is InChI=1S/C18H25NO3/c1-3-22-18(20)16-10-7-13-19(14-16)12-6-9-15-8-4-5-11-17(15)21-2/h4-6,8-9,11,16H,3,7,10,12-14H2,1-2H3/b9-6+/t16-/m1/s1. The minimum Gasteiger partial charge on any atom is -0.496 e. The number of piperidine rings is 1. The van der Waals surface area contributed by atoms with Gasteiger partial charge in [-0.1, -0.05) is 30.4 Å². The first kappa shape index (κ1) is 16.6. The van der Waals surface area contributed by atoms with E-state index in [1.807, 2.05) is 31.2 Å². The van der Waals surface area contributed by atoms with E-state index in [2.05, 4.69) is 17.1 Å². The van der Waals surface area contributed by atoms with Crippen molar-refractivity contribution in [3.8, 4) is 5.75 Å². The summed E-state index contributed by atoms with van der Waals surface area (Å²) in [7, 11) is 1.68. The largest absolute Gasteiger partial charge is 0.496 e. The highest BCUT2D eigenvalue weighted by Gasteiger charge is 2.26. The molecule has 2 rings (SSSR count). The average Bonchev–Trinajstić information content (AvgIpc) is 2.56. The van der Waals surface area contributed by atoms with Crippen molar-refractivity contribution < 1.29 is 14.3 Å². The summed E-state index contributed by atoms with van der Waals surface area (Å²) in [5.41, 5.74) is 1.07. The molecule has 1 saturated heterocycles. The number of rotatable bonds is 6. The van der Waals surface area contributed by atoms with Crippen molar-refractivity contribution in [2.75, 3.05) is 33.4 Å². The van der Waals surface area contributed by atoms with E-state index in [-0.39, 0.29) is 11.9 Å². The summed E-state index contributed by atoms with van der Waals surface area (Å²) in [6, 6.07) is 7.95. The minimum atomic E-state index is -0.0547. The van der Waals surface area contributed by atoms with Crippen LogP contribution in [0, 0.1) is 5.92 Å². The normalized spacial score (nSPS) is 19.3. The lowest BCUT2D eigenvalue weighted by molar-refractivity contribution is -0.149. The predicted octanol–water partition coefficient (Wildman–Crippen LogP) is 2.98. The van der Waals surface area contributed by atoms with Crippen molar-refractivity contribution >= 4 is 12.0 Å². The zero-order chi connectivity index (χ0) is 15.8. The predicted molar refractivity (Wildman–Crippen MR) is 87.8 cm³/mol. The molecule has 0 amide bonds. The van der Waals surface area contributed by atoms with Crippen LogP contribution in [0.4, 0.5) is 0 Å². The Hall–Kier alpha value is -1.81. The van der Waals surface area contributed by atoms with Gasteiger partial charge in [0.15, 0.2) is 0 Å². The van der Waals surface area contributed by atoms with Gasteiger partial charge in [-0.05, 0) is 32.4 Å². The fraction of sp³-hybridized carbons (Fsp3) is 0.500. The monoisotopic (exact) mass is 303 g/mol. The highest BCUT2D eigenvalue weighted by atomic mass is 16.5. The molecule has 0 spiro atoms. The Bertz CT molecular complexity index is 513. The number of hydrogen-bond acceptors (Lipinski definition) is 4. The SMILES string of the molecule is CCOC(=O)[C@@H]1CCCN(C/C=C/c2ccccc2OC)C1. The Morgan fingerprint density at radius 2 is 2.23 bits per heavy atom. The quantitative estimate of drug-likeness (QED) is 0.757. The number of methoxy groups -OCH3 is 1. The first-order valence-corrected chi connectivity index (χ1v) is 7.93. The Labute approximate surface area is 132 Å². The molecule has 0 aliphatic carbocycles. The number of para-hydroxylation sites is 1. The second-order valence-electron chi connectivity index (χ2n) is 5.50. The zero-order valence-electron chi connectivity index (χ0n) is 13.5. The van der Waals surface area contributed by atoms with E-state index in [0.29, 0.717) is 6.61 Å². The van der Waals surface area contributed by atoms with Crippen molar-refractivity contribution in [3.63, 3.8) is 0 Å². The van der Waals surface area contributed by atoms with Crippen molar-refractivity contribution in [2.24, 2.45) is 5.92 Å². The lowest BCUT2D eigenvalue weighted by Crippen LogP contribution is -2.39. The van der Waals surface area contributed by atoms with E-state index in [1.165, 1.54) is 0 Å². The molecule has 1 aliphatic heterocycles. The van der Waals surface area contributed by atoms with E-state index in [9.17, 15) is 4.79 Å². The zero-order valence-corrected chi connectivity index (χ0v) is 13.5. The molecule has 4 heteroatoms. The maximum atomic E-state index is 11.8. The summed E-state index contributed by atoms with van der Waals surface area (Å²) >= 11 is 0. The van der Waals surface area contributed by atoms with Crippen LogP contribution in [0.1, 0.15) is 25.3 Å². The highest BCUT2D eigenvalue weighted by molar-refractivity contribution is 5.72. The molecule has 0 aromatic heterocycles. The van der Waals surface area contributed by atoms with Gasteiger partial charge in [0.2, 0.25) is 0 Å². The highest BCUT2D eigenvalue weighted by Crippen LogP contribution is 2.20. The van der Waals surface area contributed by atoms with Crippen LogP contribution >= 0.6 is 0 Å². The van der Waals surface area contributed by atoms with Gasteiger partial charge < -0.3 is 9.47 Å². The van der Waals surface area contributed by atoms with E-state index in [0.717, 1.165) is 43.8 Å². The van der Waals surface area contributed by atoms with Crippen LogP contribution < -0.4 is 4.74 Å². The third-order valence-electron chi connectivity index (χ3n) is 3.93. The molecule has 1 fully saturated rings. The Balaban J connectivity index is 1.88. The van der Waals surface area contributed by atoms with Gasteiger partial charge in [0.25, 0.3) is 0 Å². The molecule has 0 N–H and O–H groups in total. The van der Waals surface area contributed by atoms with Crippen LogP contribution in [0.25, 0.3) is 6.08 Å². The molecule has 22 heavy (non-hydrogen) atoms. The molecule has 120 valence electrons. The fourth-order valence-electron chi connectivity index (χ4n) is 2.81. The van der Waals surface area contributed by atoms with E-state index >= 15 is 0 Å². The number of ether oxygens (including phenoxy) is 2. The molecule has 1 heterocycles. The maximum absolute atomic E-state index is 11.8. The number of nitrogens with zero attached hydrogens (tertiary/aromatic N) is 1. The Morgan fingerprint density at radius 1 is 1.41 bits per heavy atom. The lowest BCUT2D eigenvalue weighted by Gasteiger charge is -2.30. The summed E-state index contributed by atoms with van der Waals surface area (Å²) in [4.78, 5) is 14.1. The fourth-order valence-corrected chi connectivity index (χ4v) is 2.81. The third kappa shape index (κ3) is 4.60. The average molecular weight is 303 g/mol. The van der Waals surface area contributed by atoms with Gasteiger partial charge in [-0.3, -0.25) is 9.69 Å². The number of likely N-dealkylation sites (tertiary alicyclic amines) is 1. The smallest absolute Gasteiger partial charge is 0.310 e. The molecule has 1 aliphatic rings. The second kappa shape index (κ2) is 8.59. The van der Waals surface area contributed by atoms with Gasteiger partial charge in [-0.25, -0.2) is 0 Å². The number of esters is 1. The molecule has 0 saturated carbocycles. The molecule has 4 nitrogen and oxygen atoms in total. The van der Waals surface area contributed by atoms with Crippen LogP contribution in [-0.4, -0.2) is 44.2 Å². The van der Waals surface area contributed by atoms with Crippen LogP contribution in [0.2, 0.25) is 0 Å². The number of carbonyl (C=O) groups excluding carboxylic acids is 1. The summed E-state index contributed by atoms with van der Waals surface area (Å²) < 4.78 is 10.5. The number of carbonyl (C=O) groups is 1. The van der Waals surface area contributed by atoms with Gasteiger partial charge in [0.1, 0.15) is 5.75 Å². The molecule has 0 unspecified atom stereocenters. The summed E-state index contributed by atoms with van der Waals surface area (Å²) in [6.07, 6.45) is 6.19. The molecule has 1 aromatic carbocycles. The van der Waals surface area contributed by atoms with Crippen molar-refractivity contribution in [1.82, 2.24) is 4.90 Å². The summed E-state index contributed by atoms with van der Waals surface area (Å²) in [5, 5.41) is 0. The van der Waals surface area contributed by atoms with E-state index in [1.54, 1.807) is 7.11 Å². The second-order valence-corrected chi connectivity index (χ2v) is 5.50. The van der Waals surface area contributed by atoms with Gasteiger partial charge in [0, 0.05) is 18.7 Å². The Morgan fingerprint density at radius 3 is 3.00 bits per heavy atom. The first-order chi connectivity index (χ1) is 10.7. The first-order valence-electron chi connectivity index (χ1n) is 7.93. The van der Waals surface area contributed by atoms with E-state index < -0.39 is 0 Å². The maximum Gasteiger partial charge on any atom is 0.310 e. The van der Waals surface area contributed by atoms with Gasteiger partial charge >= 0.3 is 5.97 Å². The lowest BCUT2D eigenvalue weighted by atomic mass is 9.98. The number of benzene rings is 1. The minimum absolute atomic E-state index is 0.0216. The van der Waals surface area contributed by atoms with Crippen LogP contribution in [0.15, 0.2) is 30.3 Å². The number of hydrogen-bond donors (Lipinski definition) is 0. The van der Waals surface area contributed by atoms with Gasteiger partial charge in [-0.2, -0.15) is 0 Å². The molecular formula is C18H25NO3. The summed E-state index contributed by atoms with van der Waals surface area (Å²) in [5.74, 6) is 0.844. The van der Waals surface area contributed by atoms with E-state index in [4.69, 9.17) is 9.47 Å². The van der Waals surface area contributed by atoms with Crippen molar-refractivity contribution in [1.29, 1.82) is 0 Å². The Kier molecular flexibility index (Phi) is 6.46. The van der Waals surface area contributed by atoms with Crippen molar-refractivity contribution in [3.05, 3.63) is 35.9 Å². The van der Waals surface area contributed by atoms with Gasteiger partial charge in [0.05, 0.1) is 19.6 Å². The van der Waals surface area contributed by atoms with Crippen molar-refractivity contribution in [2.45, 2.75) is 19.8 Å². The summed E-state index contributed by atoms with van der Waals surface area (Å²) in [6.45, 7) is 4.98. The van der Waals surface area contributed by atoms with Crippen LogP contribution in [0.5, 0.6) is 5.75 Å². The van der Waals surface area contributed by atoms with Crippen LogP contribution in [0.3, 0.4) is 0 Å². The molecule has 0 radical (unpaired) electrons.